The van der Waals surface area contributed by atoms with Crippen molar-refractivity contribution in [2.24, 2.45) is 4.99 Å². The van der Waals surface area contributed by atoms with E-state index in [0.29, 0.717) is 0 Å². The van der Waals surface area contributed by atoms with Crippen LogP contribution in [-0.4, -0.2) is 49.5 Å². The lowest BCUT2D eigenvalue weighted by Crippen LogP contribution is -2.48. The number of amides is 1. The number of nitrogens with zero attached hydrogens (tertiary/aromatic N) is 2. The molecular weight excluding hydrogens is 284 g/mol. The summed E-state index contributed by atoms with van der Waals surface area (Å²) in [6, 6.07) is 4.19. The van der Waals surface area contributed by atoms with Gasteiger partial charge in [-0.2, -0.15) is 0 Å². The number of carbonyl (C=O) groups is 1. The highest BCUT2D eigenvalue weighted by Crippen LogP contribution is 2.09. The molecule has 0 radical (unpaired) electrons. The van der Waals surface area contributed by atoms with E-state index in [0.717, 1.165) is 18.9 Å². The predicted octanol–water partition coefficient (Wildman–Crippen LogP) is 1.71. The smallest absolute Gasteiger partial charge is 0.239 e. The Bertz CT molecular complexity index is 463. The molecule has 0 aliphatic heterocycles. The van der Waals surface area contributed by atoms with Gasteiger partial charge in [-0.15, -0.1) is 11.3 Å². The van der Waals surface area contributed by atoms with Crippen molar-refractivity contribution in [2.45, 2.75) is 32.7 Å². The quantitative estimate of drug-likeness (QED) is 0.643. The van der Waals surface area contributed by atoms with Crippen molar-refractivity contribution in [1.82, 2.24) is 15.5 Å². The highest BCUT2D eigenvalue weighted by molar-refractivity contribution is 7.09. The first-order valence-electron chi connectivity index (χ1n) is 7.07. The van der Waals surface area contributed by atoms with Gasteiger partial charge in [-0.1, -0.05) is 6.07 Å². The average Bonchev–Trinajstić information content (AvgIpc) is 2.88. The summed E-state index contributed by atoms with van der Waals surface area (Å²) in [4.78, 5) is 19.4. The minimum atomic E-state index is -0.215. The predicted molar refractivity (Wildman–Crippen MR) is 89.9 cm³/mol. The Labute approximate surface area is 131 Å². The Morgan fingerprint density at radius 2 is 2.14 bits per heavy atom. The highest BCUT2D eigenvalue weighted by atomic mass is 32.1. The van der Waals surface area contributed by atoms with Crippen LogP contribution >= 0.6 is 11.3 Å². The average molecular weight is 310 g/mol. The molecule has 0 aliphatic rings. The molecule has 0 saturated heterocycles. The molecule has 0 spiro atoms. The minimum Gasteiger partial charge on any atom is -0.350 e. The van der Waals surface area contributed by atoms with E-state index in [-0.39, 0.29) is 18.0 Å². The molecular formula is C15H26N4OS. The van der Waals surface area contributed by atoms with Gasteiger partial charge in [0, 0.05) is 31.1 Å². The Balaban J connectivity index is 2.38. The van der Waals surface area contributed by atoms with Gasteiger partial charge in [0.2, 0.25) is 5.91 Å². The Morgan fingerprint density at radius 3 is 2.67 bits per heavy atom. The third kappa shape index (κ3) is 7.13. The maximum absolute atomic E-state index is 11.8. The molecule has 21 heavy (non-hydrogen) atoms. The van der Waals surface area contributed by atoms with Gasteiger partial charge in [-0.05, 0) is 38.6 Å². The summed E-state index contributed by atoms with van der Waals surface area (Å²) in [5.41, 5.74) is -0.215. The van der Waals surface area contributed by atoms with E-state index in [4.69, 9.17) is 0 Å². The molecule has 0 aliphatic carbocycles. The van der Waals surface area contributed by atoms with Gasteiger partial charge in [0.05, 0.1) is 6.54 Å². The largest absolute Gasteiger partial charge is 0.350 e. The lowest BCUT2D eigenvalue weighted by atomic mass is 10.1. The van der Waals surface area contributed by atoms with E-state index >= 15 is 0 Å². The van der Waals surface area contributed by atoms with Crippen LogP contribution in [0.4, 0.5) is 0 Å². The number of nitrogens with one attached hydrogen (secondary N) is 2. The molecule has 0 atom stereocenters. The summed E-state index contributed by atoms with van der Waals surface area (Å²) in [6.07, 6.45) is 0.975. The fourth-order valence-electron chi connectivity index (χ4n) is 1.85. The SMILES string of the molecule is CN=C(NCC(=O)NC(C)(C)C)N(C)CCc1cccs1. The lowest BCUT2D eigenvalue weighted by Gasteiger charge is -2.24. The topological polar surface area (TPSA) is 56.7 Å². The summed E-state index contributed by atoms with van der Waals surface area (Å²) in [7, 11) is 3.70. The van der Waals surface area contributed by atoms with Crippen molar-refractivity contribution in [2.75, 3.05) is 27.2 Å². The summed E-state index contributed by atoms with van der Waals surface area (Å²) in [5, 5.41) is 8.09. The number of guanidine groups is 1. The molecule has 0 bridgehead atoms. The lowest BCUT2D eigenvalue weighted by molar-refractivity contribution is -0.121. The zero-order chi connectivity index (χ0) is 15.9. The Hall–Kier alpha value is -1.56. The van der Waals surface area contributed by atoms with Crippen LogP contribution in [0.1, 0.15) is 25.6 Å². The number of rotatable bonds is 5. The molecule has 6 heteroatoms. The van der Waals surface area contributed by atoms with Crippen LogP contribution < -0.4 is 10.6 Å². The van der Waals surface area contributed by atoms with E-state index in [9.17, 15) is 4.79 Å². The number of carbonyl (C=O) groups excluding carboxylic acids is 1. The van der Waals surface area contributed by atoms with Gasteiger partial charge in [0.1, 0.15) is 0 Å². The molecule has 1 rings (SSSR count). The van der Waals surface area contributed by atoms with Crippen LogP contribution in [-0.2, 0) is 11.2 Å². The van der Waals surface area contributed by atoms with Crippen LogP contribution in [0.5, 0.6) is 0 Å². The van der Waals surface area contributed by atoms with Crippen molar-refractivity contribution in [3.63, 3.8) is 0 Å². The maximum atomic E-state index is 11.8. The number of hydrogen-bond acceptors (Lipinski definition) is 3. The fourth-order valence-corrected chi connectivity index (χ4v) is 2.54. The van der Waals surface area contributed by atoms with Gasteiger partial charge >= 0.3 is 0 Å². The number of aliphatic imine (C=N–C) groups is 1. The number of thiophene rings is 1. The monoisotopic (exact) mass is 310 g/mol. The molecule has 5 nitrogen and oxygen atoms in total. The van der Waals surface area contributed by atoms with Crippen molar-refractivity contribution in [1.29, 1.82) is 0 Å². The molecule has 1 aromatic rings. The minimum absolute atomic E-state index is 0.0321. The first-order valence-corrected chi connectivity index (χ1v) is 7.95. The van der Waals surface area contributed by atoms with Crippen molar-refractivity contribution >= 4 is 23.2 Å². The standard InChI is InChI=1S/C15H26N4OS/c1-15(2,3)18-13(20)11-17-14(16-4)19(5)9-8-12-7-6-10-21-12/h6-7,10H,8-9,11H2,1-5H3,(H,16,17)(H,18,20). The molecule has 1 amide bonds. The van der Waals surface area contributed by atoms with Gasteiger partial charge in [0.25, 0.3) is 0 Å². The molecule has 1 aromatic heterocycles. The second kappa shape index (κ2) is 8.02. The number of likely N-dealkylation sites (N-methyl/N-ethyl adjacent to an activating group) is 1. The van der Waals surface area contributed by atoms with E-state index in [1.165, 1.54) is 4.88 Å². The van der Waals surface area contributed by atoms with E-state index in [1.807, 2.05) is 32.7 Å². The normalized spacial score (nSPS) is 12.1. The van der Waals surface area contributed by atoms with Crippen LogP contribution in [0.3, 0.4) is 0 Å². The van der Waals surface area contributed by atoms with Gasteiger partial charge in [-0.25, -0.2) is 0 Å². The first kappa shape index (κ1) is 17.5. The second-order valence-electron chi connectivity index (χ2n) is 5.95. The van der Waals surface area contributed by atoms with Crippen LogP contribution in [0.15, 0.2) is 22.5 Å². The highest BCUT2D eigenvalue weighted by Gasteiger charge is 2.14. The number of hydrogen-bond donors (Lipinski definition) is 2. The Morgan fingerprint density at radius 1 is 1.43 bits per heavy atom. The van der Waals surface area contributed by atoms with Gasteiger partial charge < -0.3 is 15.5 Å². The zero-order valence-electron chi connectivity index (χ0n) is 13.6. The van der Waals surface area contributed by atoms with Gasteiger partial charge in [-0.3, -0.25) is 9.79 Å². The molecule has 118 valence electrons. The third-order valence-corrected chi connectivity index (χ3v) is 3.70. The summed E-state index contributed by atoms with van der Waals surface area (Å²) in [5.74, 6) is 0.700. The fraction of sp³-hybridized carbons (Fsp3) is 0.600. The molecule has 2 N–H and O–H groups in total. The van der Waals surface area contributed by atoms with Crippen LogP contribution in [0, 0.1) is 0 Å². The van der Waals surface area contributed by atoms with Crippen molar-refractivity contribution in [3.05, 3.63) is 22.4 Å². The van der Waals surface area contributed by atoms with E-state index < -0.39 is 0 Å². The van der Waals surface area contributed by atoms with Crippen LogP contribution in [0.2, 0.25) is 0 Å². The van der Waals surface area contributed by atoms with Crippen molar-refractivity contribution in [3.8, 4) is 0 Å². The second-order valence-corrected chi connectivity index (χ2v) is 6.98. The van der Waals surface area contributed by atoms with E-state index in [1.54, 1.807) is 18.4 Å². The molecule has 0 aromatic carbocycles. The van der Waals surface area contributed by atoms with Crippen LogP contribution in [0.25, 0.3) is 0 Å². The zero-order valence-corrected chi connectivity index (χ0v) is 14.4. The third-order valence-electron chi connectivity index (χ3n) is 2.77. The summed E-state index contributed by atoms with van der Waals surface area (Å²) in [6.45, 7) is 6.99. The Kier molecular flexibility index (Phi) is 6.68. The first-order chi connectivity index (χ1) is 9.81. The molecule has 0 saturated carbocycles. The molecule has 0 unspecified atom stereocenters. The van der Waals surface area contributed by atoms with E-state index in [2.05, 4.69) is 33.1 Å². The molecule has 1 heterocycles. The summed E-state index contributed by atoms with van der Waals surface area (Å²) < 4.78 is 0. The molecule has 0 fully saturated rings. The summed E-state index contributed by atoms with van der Waals surface area (Å²) >= 11 is 1.76. The van der Waals surface area contributed by atoms with Crippen molar-refractivity contribution < 1.29 is 4.79 Å². The van der Waals surface area contributed by atoms with Gasteiger partial charge in [0.15, 0.2) is 5.96 Å². The maximum Gasteiger partial charge on any atom is 0.239 e.